The molecule has 0 unspecified atom stereocenters. The fourth-order valence-electron chi connectivity index (χ4n) is 4.56. The Balaban J connectivity index is 1.49. The Bertz CT molecular complexity index is 1130. The molecule has 0 saturated carbocycles. The number of aromatic nitrogens is 4. The molecular weight excluding hydrogens is 392 g/mol. The van der Waals surface area contributed by atoms with Crippen molar-refractivity contribution in [3.63, 3.8) is 0 Å². The van der Waals surface area contributed by atoms with Gasteiger partial charge in [0, 0.05) is 37.5 Å². The molecule has 3 aromatic heterocycles. The van der Waals surface area contributed by atoms with Gasteiger partial charge in [-0.25, -0.2) is 9.50 Å². The van der Waals surface area contributed by atoms with Crippen molar-refractivity contribution in [1.82, 2.24) is 19.6 Å². The van der Waals surface area contributed by atoms with Gasteiger partial charge in [-0.3, -0.25) is 4.79 Å². The third kappa shape index (κ3) is 3.71. The first kappa shape index (κ1) is 19.8. The number of anilines is 2. The van der Waals surface area contributed by atoms with Crippen molar-refractivity contribution in [3.8, 4) is 5.88 Å². The fraction of sp³-hybridized carbons (Fsp3) is 0.478. The summed E-state index contributed by atoms with van der Waals surface area (Å²) in [5.74, 6) is 1.97. The molecule has 162 valence electrons. The summed E-state index contributed by atoms with van der Waals surface area (Å²) in [5, 5.41) is 7.33. The summed E-state index contributed by atoms with van der Waals surface area (Å²) in [4.78, 5) is 24.6. The molecule has 0 bridgehead atoms. The van der Waals surface area contributed by atoms with Crippen LogP contribution in [0.15, 0.2) is 30.7 Å². The van der Waals surface area contributed by atoms with Crippen LogP contribution in [-0.4, -0.2) is 44.2 Å². The maximum Gasteiger partial charge on any atom is 0.261 e. The molecule has 31 heavy (non-hydrogen) atoms. The van der Waals surface area contributed by atoms with Crippen LogP contribution >= 0.6 is 0 Å². The van der Waals surface area contributed by atoms with Crippen molar-refractivity contribution in [2.24, 2.45) is 5.92 Å². The molecule has 1 N–H and O–H groups in total. The number of fused-ring (bicyclic) bond motifs is 2. The Hall–Kier alpha value is -3.16. The lowest BCUT2D eigenvalue weighted by molar-refractivity contribution is 0.102. The maximum absolute atomic E-state index is 13.2. The van der Waals surface area contributed by atoms with Gasteiger partial charge in [0.25, 0.3) is 5.91 Å². The Morgan fingerprint density at radius 2 is 2.13 bits per heavy atom. The first-order valence-corrected chi connectivity index (χ1v) is 11.0. The molecular formula is C23H28N6O2. The molecule has 1 amide bonds. The number of nitrogens with one attached hydrogen (secondary N) is 1. The van der Waals surface area contributed by atoms with E-state index in [0.29, 0.717) is 17.1 Å². The first-order chi connectivity index (χ1) is 14.9. The van der Waals surface area contributed by atoms with E-state index in [4.69, 9.17) is 9.72 Å². The zero-order chi connectivity index (χ0) is 21.6. The van der Waals surface area contributed by atoms with E-state index in [1.54, 1.807) is 29.2 Å². The van der Waals surface area contributed by atoms with Crippen LogP contribution in [0.2, 0.25) is 0 Å². The Morgan fingerprint density at radius 3 is 2.90 bits per heavy atom. The van der Waals surface area contributed by atoms with Crippen LogP contribution in [0.25, 0.3) is 5.65 Å². The van der Waals surface area contributed by atoms with Crippen LogP contribution in [-0.2, 0) is 6.42 Å². The highest BCUT2D eigenvalue weighted by Gasteiger charge is 2.34. The van der Waals surface area contributed by atoms with E-state index in [-0.39, 0.29) is 11.5 Å². The van der Waals surface area contributed by atoms with Gasteiger partial charge < -0.3 is 15.0 Å². The minimum absolute atomic E-state index is 0.238. The predicted octanol–water partition coefficient (Wildman–Crippen LogP) is 3.72. The topological polar surface area (TPSA) is 84.7 Å². The van der Waals surface area contributed by atoms with Crippen molar-refractivity contribution < 1.29 is 9.53 Å². The van der Waals surface area contributed by atoms with Gasteiger partial charge in [0.15, 0.2) is 11.5 Å². The van der Waals surface area contributed by atoms with Gasteiger partial charge >= 0.3 is 0 Å². The average molecular weight is 421 g/mol. The van der Waals surface area contributed by atoms with E-state index in [2.05, 4.69) is 41.1 Å². The largest absolute Gasteiger partial charge is 0.471 e. The molecule has 8 heteroatoms. The van der Waals surface area contributed by atoms with Crippen LogP contribution in [0.1, 0.15) is 56.0 Å². The molecule has 0 atom stereocenters. The summed E-state index contributed by atoms with van der Waals surface area (Å²) in [6.45, 7) is 8.22. The molecule has 1 saturated heterocycles. The highest BCUT2D eigenvalue weighted by atomic mass is 16.5. The zero-order valence-electron chi connectivity index (χ0n) is 18.3. The second-order valence-electron chi connectivity index (χ2n) is 9.10. The van der Waals surface area contributed by atoms with E-state index in [1.807, 2.05) is 6.07 Å². The summed E-state index contributed by atoms with van der Waals surface area (Å²) in [5.41, 5.74) is 2.41. The number of piperidine rings is 1. The second-order valence-corrected chi connectivity index (χ2v) is 9.10. The number of pyridine rings is 1. The van der Waals surface area contributed by atoms with Gasteiger partial charge in [-0.2, -0.15) is 10.1 Å². The molecule has 0 aromatic carbocycles. The summed E-state index contributed by atoms with van der Waals surface area (Å²) in [7, 11) is 0. The number of ether oxygens (including phenoxy) is 1. The van der Waals surface area contributed by atoms with Crippen LogP contribution in [0.5, 0.6) is 5.88 Å². The van der Waals surface area contributed by atoms with Gasteiger partial charge in [-0.1, -0.05) is 13.3 Å². The fourth-order valence-corrected chi connectivity index (χ4v) is 4.56. The quantitative estimate of drug-likeness (QED) is 0.693. The number of amides is 1. The van der Waals surface area contributed by atoms with Crippen molar-refractivity contribution in [3.05, 3.63) is 41.9 Å². The molecule has 0 aliphatic carbocycles. The van der Waals surface area contributed by atoms with Crippen molar-refractivity contribution in [2.75, 3.05) is 23.3 Å². The molecule has 0 radical (unpaired) electrons. The maximum atomic E-state index is 13.2. The number of carbonyl (C=O) groups excluding carboxylic acids is 1. The molecule has 3 aromatic rings. The number of hydrogen-bond donors (Lipinski definition) is 1. The third-order valence-corrected chi connectivity index (χ3v) is 6.29. The summed E-state index contributed by atoms with van der Waals surface area (Å²) >= 11 is 0. The smallest absolute Gasteiger partial charge is 0.261 e. The van der Waals surface area contributed by atoms with Gasteiger partial charge in [-0.05, 0) is 44.7 Å². The summed E-state index contributed by atoms with van der Waals surface area (Å²) in [6, 6.07) is 3.81. The molecule has 5 heterocycles. The average Bonchev–Trinajstić information content (AvgIpc) is 3.32. The van der Waals surface area contributed by atoms with E-state index >= 15 is 0 Å². The number of rotatable bonds is 4. The minimum atomic E-state index is -0.295. The van der Waals surface area contributed by atoms with E-state index in [9.17, 15) is 4.79 Å². The normalized spacial score (nSPS) is 18.1. The molecule has 2 aliphatic heterocycles. The molecule has 2 aliphatic rings. The SMILES string of the molecule is CCC1CCN(c2nc3c(cc2NC(=O)c2cnn4cccnc24)CC(C)(C)O3)CC1. The first-order valence-electron chi connectivity index (χ1n) is 11.0. The van der Waals surface area contributed by atoms with Crippen molar-refractivity contribution in [1.29, 1.82) is 0 Å². The van der Waals surface area contributed by atoms with Gasteiger partial charge in [0.05, 0.1) is 11.9 Å². The van der Waals surface area contributed by atoms with Gasteiger partial charge in [-0.15, -0.1) is 0 Å². The highest BCUT2D eigenvalue weighted by molar-refractivity contribution is 6.09. The van der Waals surface area contributed by atoms with E-state index in [0.717, 1.165) is 55.3 Å². The Labute approximate surface area is 181 Å². The van der Waals surface area contributed by atoms with Gasteiger partial charge in [0.1, 0.15) is 11.2 Å². The lowest BCUT2D eigenvalue weighted by Crippen LogP contribution is -2.35. The third-order valence-electron chi connectivity index (χ3n) is 6.29. The second kappa shape index (κ2) is 7.51. The standard InChI is InChI=1S/C23H28N6O2/c1-4-15-6-10-28(11-7-15)20-18(12-16-13-23(2,3)31-22(16)27-20)26-21(30)17-14-25-29-9-5-8-24-19(17)29/h5,8-9,12,14-15H,4,6-7,10-11,13H2,1-3H3,(H,26,30). The summed E-state index contributed by atoms with van der Waals surface area (Å²) in [6.07, 6.45) is 9.21. The van der Waals surface area contributed by atoms with Crippen LogP contribution < -0.4 is 15.0 Å². The Kier molecular flexibility index (Phi) is 4.79. The molecule has 1 fully saturated rings. The van der Waals surface area contributed by atoms with Crippen LogP contribution in [0, 0.1) is 5.92 Å². The van der Waals surface area contributed by atoms with Crippen molar-refractivity contribution >= 4 is 23.1 Å². The summed E-state index contributed by atoms with van der Waals surface area (Å²) < 4.78 is 7.68. The van der Waals surface area contributed by atoms with E-state index in [1.165, 1.54) is 6.42 Å². The van der Waals surface area contributed by atoms with Crippen LogP contribution in [0.3, 0.4) is 0 Å². The molecule has 0 spiro atoms. The predicted molar refractivity (Wildman–Crippen MR) is 119 cm³/mol. The van der Waals surface area contributed by atoms with Crippen molar-refractivity contribution in [2.45, 2.75) is 52.1 Å². The lowest BCUT2D eigenvalue weighted by atomic mass is 9.94. The Morgan fingerprint density at radius 1 is 1.32 bits per heavy atom. The monoisotopic (exact) mass is 420 g/mol. The number of carbonyl (C=O) groups is 1. The highest BCUT2D eigenvalue weighted by Crippen LogP contribution is 2.40. The minimum Gasteiger partial charge on any atom is -0.471 e. The zero-order valence-corrected chi connectivity index (χ0v) is 18.3. The van der Waals surface area contributed by atoms with E-state index < -0.39 is 0 Å². The number of nitrogens with zero attached hydrogens (tertiary/aromatic N) is 5. The molecule has 5 rings (SSSR count). The lowest BCUT2D eigenvalue weighted by Gasteiger charge is -2.33. The van der Waals surface area contributed by atoms with Gasteiger partial charge in [0.2, 0.25) is 5.88 Å². The molecule has 8 nitrogen and oxygen atoms in total. The van der Waals surface area contributed by atoms with Crippen LogP contribution in [0.4, 0.5) is 11.5 Å². The number of hydrogen-bond acceptors (Lipinski definition) is 6.